The number of fused-ring (bicyclic) bond motifs is 1. The van der Waals surface area contributed by atoms with Crippen molar-refractivity contribution in [3.8, 4) is 0 Å². The van der Waals surface area contributed by atoms with Crippen LogP contribution in [-0.2, 0) is 17.8 Å². The maximum Gasteiger partial charge on any atom is 0.0926 e. The van der Waals surface area contributed by atoms with Crippen LogP contribution in [0.15, 0.2) is 18.5 Å². The number of unbranched alkanes of at least 4 members (excludes halogenated alkanes) is 1. The zero-order valence-corrected chi connectivity index (χ0v) is 14.1. The van der Waals surface area contributed by atoms with Crippen molar-refractivity contribution < 1.29 is 4.74 Å². The zero-order valence-electron chi connectivity index (χ0n) is 14.1. The van der Waals surface area contributed by atoms with E-state index in [-0.39, 0.29) is 0 Å². The SMILES string of the molecule is COCCCCn1cc(CNC2CC2)c2ncc(C3CC3)cc21. The van der Waals surface area contributed by atoms with Crippen molar-refractivity contribution in [3.05, 3.63) is 29.6 Å². The average Bonchev–Trinajstić information content (AvgIpc) is 3.47. The molecule has 0 unspecified atom stereocenters. The lowest BCUT2D eigenvalue weighted by molar-refractivity contribution is 0.191. The Morgan fingerprint density at radius 3 is 2.87 bits per heavy atom. The summed E-state index contributed by atoms with van der Waals surface area (Å²) in [4.78, 5) is 4.82. The number of nitrogens with zero attached hydrogens (tertiary/aromatic N) is 2. The Morgan fingerprint density at radius 1 is 1.26 bits per heavy atom. The van der Waals surface area contributed by atoms with E-state index in [1.807, 2.05) is 0 Å². The van der Waals surface area contributed by atoms with E-state index in [4.69, 9.17) is 9.72 Å². The highest BCUT2D eigenvalue weighted by molar-refractivity contribution is 5.80. The van der Waals surface area contributed by atoms with Crippen molar-refractivity contribution in [2.45, 2.75) is 63.6 Å². The summed E-state index contributed by atoms with van der Waals surface area (Å²) in [5.41, 5.74) is 5.28. The molecule has 4 heteroatoms. The predicted octanol–water partition coefficient (Wildman–Crippen LogP) is 3.59. The molecule has 0 amide bonds. The van der Waals surface area contributed by atoms with Gasteiger partial charge in [0.25, 0.3) is 0 Å². The highest BCUT2D eigenvalue weighted by atomic mass is 16.5. The zero-order chi connectivity index (χ0) is 15.6. The molecule has 4 rings (SSSR count). The monoisotopic (exact) mass is 313 g/mol. The summed E-state index contributed by atoms with van der Waals surface area (Å²) in [6.07, 6.45) is 12.0. The second kappa shape index (κ2) is 6.62. The first kappa shape index (κ1) is 15.2. The first-order chi connectivity index (χ1) is 11.3. The number of pyridine rings is 1. The average molecular weight is 313 g/mol. The number of rotatable bonds is 9. The minimum absolute atomic E-state index is 0.737. The summed E-state index contributed by atoms with van der Waals surface area (Å²) in [6, 6.07) is 3.12. The maximum absolute atomic E-state index is 5.17. The van der Waals surface area contributed by atoms with Gasteiger partial charge in [0.05, 0.1) is 11.0 Å². The molecule has 0 atom stereocenters. The molecule has 2 saturated carbocycles. The molecule has 2 fully saturated rings. The van der Waals surface area contributed by atoms with Gasteiger partial charge in [-0.1, -0.05) is 0 Å². The normalized spacial score (nSPS) is 18.0. The number of methoxy groups -OCH3 is 1. The third kappa shape index (κ3) is 3.59. The Hall–Kier alpha value is -1.39. The minimum Gasteiger partial charge on any atom is -0.385 e. The molecular weight excluding hydrogens is 286 g/mol. The van der Waals surface area contributed by atoms with Crippen LogP contribution in [-0.4, -0.2) is 29.3 Å². The van der Waals surface area contributed by atoms with Crippen LogP contribution in [0.25, 0.3) is 11.0 Å². The molecule has 2 aromatic heterocycles. The van der Waals surface area contributed by atoms with Crippen molar-refractivity contribution in [2.24, 2.45) is 0 Å². The van der Waals surface area contributed by atoms with Gasteiger partial charge in [-0.25, -0.2) is 0 Å². The molecule has 124 valence electrons. The number of nitrogens with one attached hydrogen (secondary N) is 1. The van der Waals surface area contributed by atoms with Gasteiger partial charge in [-0.15, -0.1) is 0 Å². The van der Waals surface area contributed by atoms with Crippen LogP contribution in [0.3, 0.4) is 0 Å². The molecule has 4 nitrogen and oxygen atoms in total. The molecule has 0 spiro atoms. The van der Waals surface area contributed by atoms with Crippen LogP contribution in [0.5, 0.6) is 0 Å². The molecule has 2 aliphatic carbocycles. The molecule has 23 heavy (non-hydrogen) atoms. The predicted molar refractivity (Wildman–Crippen MR) is 92.7 cm³/mol. The van der Waals surface area contributed by atoms with Crippen molar-refractivity contribution in [2.75, 3.05) is 13.7 Å². The van der Waals surface area contributed by atoms with Crippen LogP contribution >= 0.6 is 0 Å². The van der Waals surface area contributed by atoms with E-state index < -0.39 is 0 Å². The molecule has 0 radical (unpaired) electrons. The van der Waals surface area contributed by atoms with Gasteiger partial charge in [0, 0.05) is 50.8 Å². The molecular formula is C19H27N3O. The van der Waals surface area contributed by atoms with Crippen LogP contribution < -0.4 is 5.32 Å². The Bertz CT molecular complexity index is 671. The summed E-state index contributed by atoms with van der Waals surface area (Å²) >= 11 is 0. The van der Waals surface area contributed by atoms with Gasteiger partial charge in [0.2, 0.25) is 0 Å². The molecule has 2 aliphatic rings. The molecule has 0 saturated heterocycles. The lowest BCUT2D eigenvalue weighted by Crippen LogP contribution is -2.15. The van der Waals surface area contributed by atoms with E-state index in [1.165, 1.54) is 47.8 Å². The fourth-order valence-corrected chi connectivity index (χ4v) is 3.28. The Kier molecular flexibility index (Phi) is 4.36. The number of aryl methyl sites for hydroxylation is 1. The summed E-state index contributed by atoms with van der Waals surface area (Å²) in [7, 11) is 1.78. The first-order valence-electron chi connectivity index (χ1n) is 9.05. The molecule has 1 N–H and O–H groups in total. The quantitative estimate of drug-likeness (QED) is 0.719. The van der Waals surface area contributed by atoms with E-state index in [2.05, 4.69) is 28.3 Å². The van der Waals surface area contributed by atoms with Gasteiger partial charge in [-0.3, -0.25) is 4.98 Å². The fraction of sp³-hybridized carbons (Fsp3) is 0.632. The number of aromatic nitrogens is 2. The fourth-order valence-electron chi connectivity index (χ4n) is 3.28. The lowest BCUT2D eigenvalue weighted by Gasteiger charge is -2.06. The number of ether oxygens (including phenoxy) is 1. The summed E-state index contributed by atoms with van der Waals surface area (Å²) in [5.74, 6) is 0.761. The van der Waals surface area contributed by atoms with Crippen molar-refractivity contribution in [1.29, 1.82) is 0 Å². The largest absolute Gasteiger partial charge is 0.385 e. The van der Waals surface area contributed by atoms with Crippen LogP contribution in [0.2, 0.25) is 0 Å². The van der Waals surface area contributed by atoms with Gasteiger partial charge in [0.1, 0.15) is 0 Å². The van der Waals surface area contributed by atoms with E-state index in [1.54, 1.807) is 7.11 Å². The third-order valence-corrected chi connectivity index (χ3v) is 5.02. The Morgan fingerprint density at radius 2 is 2.13 bits per heavy atom. The maximum atomic E-state index is 5.17. The molecule has 2 heterocycles. The van der Waals surface area contributed by atoms with Gasteiger partial charge in [-0.05, 0) is 56.1 Å². The van der Waals surface area contributed by atoms with Gasteiger partial charge >= 0.3 is 0 Å². The second-order valence-corrected chi connectivity index (χ2v) is 7.11. The minimum atomic E-state index is 0.737. The highest BCUT2D eigenvalue weighted by Gasteiger charge is 2.25. The topological polar surface area (TPSA) is 39.1 Å². The summed E-state index contributed by atoms with van der Waals surface area (Å²) < 4.78 is 7.58. The van der Waals surface area contributed by atoms with Crippen LogP contribution in [0, 0.1) is 0 Å². The summed E-state index contributed by atoms with van der Waals surface area (Å²) in [6.45, 7) is 2.85. The Labute approximate surface area is 138 Å². The molecule has 0 bridgehead atoms. The second-order valence-electron chi connectivity index (χ2n) is 7.11. The van der Waals surface area contributed by atoms with E-state index >= 15 is 0 Å². The number of hydrogen-bond acceptors (Lipinski definition) is 3. The van der Waals surface area contributed by atoms with E-state index in [0.29, 0.717) is 0 Å². The van der Waals surface area contributed by atoms with Crippen molar-refractivity contribution >= 4 is 11.0 Å². The third-order valence-electron chi connectivity index (χ3n) is 5.02. The van der Waals surface area contributed by atoms with Crippen LogP contribution in [0.4, 0.5) is 0 Å². The number of hydrogen-bond donors (Lipinski definition) is 1. The smallest absolute Gasteiger partial charge is 0.0926 e. The van der Waals surface area contributed by atoms with Crippen molar-refractivity contribution in [1.82, 2.24) is 14.9 Å². The van der Waals surface area contributed by atoms with Gasteiger partial charge in [0.15, 0.2) is 0 Å². The standard InChI is InChI=1S/C19H27N3O/c1-23-9-3-2-8-22-13-16(12-20-17-6-7-17)19-18(22)10-15(11-21-19)14-4-5-14/h10-11,13-14,17,20H,2-9,12H2,1H3. The summed E-state index contributed by atoms with van der Waals surface area (Å²) in [5, 5.41) is 3.63. The molecule has 2 aromatic rings. The Balaban J connectivity index is 1.56. The van der Waals surface area contributed by atoms with Gasteiger partial charge < -0.3 is 14.6 Å². The first-order valence-corrected chi connectivity index (χ1v) is 9.05. The van der Waals surface area contributed by atoms with Gasteiger partial charge in [-0.2, -0.15) is 0 Å². The lowest BCUT2D eigenvalue weighted by atomic mass is 10.1. The van der Waals surface area contributed by atoms with E-state index in [9.17, 15) is 0 Å². The molecule has 0 aliphatic heterocycles. The van der Waals surface area contributed by atoms with Crippen molar-refractivity contribution in [3.63, 3.8) is 0 Å². The molecule has 0 aromatic carbocycles. The highest BCUT2D eigenvalue weighted by Crippen LogP contribution is 2.40. The van der Waals surface area contributed by atoms with Crippen LogP contribution in [0.1, 0.15) is 55.6 Å². The van der Waals surface area contributed by atoms with E-state index in [0.717, 1.165) is 44.5 Å².